The molecule has 0 atom stereocenters. The lowest BCUT2D eigenvalue weighted by Gasteiger charge is -2.24. The van der Waals surface area contributed by atoms with Crippen LogP contribution in [-0.4, -0.2) is 24.1 Å². The fourth-order valence-corrected chi connectivity index (χ4v) is 1.43. The van der Waals surface area contributed by atoms with Crippen LogP contribution >= 0.6 is 0 Å². The van der Waals surface area contributed by atoms with Gasteiger partial charge >= 0.3 is 11.9 Å². The van der Waals surface area contributed by atoms with Gasteiger partial charge in [0.2, 0.25) is 0 Å². The van der Waals surface area contributed by atoms with Crippen LogP contribution in [0.1, 0.15) is 66.2 Å². The summed E-state index contributed by atoms with van der Waals surface area (Å²) >= 11 is 0. The summed E-state index contributed by atoms with van der Waals surface area (Å²) in [6.45, 7) is 7.80. The molecule has 106 valence electrons. The van der Waals surface area contributed by atoms with Gasteiger partial charge in [0.05, 0.1) is 6.61 Å². The van der Waals surface area contributed by atoms with Gasteiger partial charge in [0.15, 0.2) is 0 Å². The van der Waals surface area contributed by atoms with Gasteiger partial charge in [-0.25, -0.2) is 0 Å². The molecular formula is C14H26O4. The van der Waals surface area contributed by atoms with Crippen molar-refractivity contribution in [3.63, 3.8) is 0 Å². The highest BCUT2D eigenvalue weighted by molar-refractivity contribution is 5.69. The molecule has 0 heterocycles. The van der Waals surface area contributed by atoms with Crippen LogP contribution in [0.15, 0.2) is 0 Å². The summed E-state index contributed by atoms with van der Waals surface area (Å²) in [4.78, 5) is 22.5. The standard InChI is InChI=1S/C14H26O4/c1-5-7-8-9-13(16)17-11-10-14(3,4)18-12(15)6-2/h5-11H2,1-4H3. The second kappa shape index (κ2) is 8.95. The van der Waals surface area contributed by atoms with Crippen LogP contribution < -0.4 is 0 Å². The third-order valence-electron chi connectivity index (χ3n) is 2.63. The summed E-state index contributed by atoms with van der Waals surface area (Å²) in [6.07, 6.45) is 4.38. The first-order valence-electron chi connectivity index (χ1n) is 6.78. The number of carbonyl (C=O) groups excluding carboxylic acids is 2. The third-order valence-corrected chi connectivity index (χ3v) is 2.63. The SMILES string of the molecule is CCCCCC(=O)OCCC(C)(C)OC(=O)CC. The molecule has 0 fully saturated rings. The van der Waals surface area contributed by atoms with Gasteiger partial charge < -0.3 is 9.47 Å². The van der Waals surface area contributed by atoms with E-state index in [2.05, 4.69) is 6.92 Å². The van der Waals surface area contributed by atoms with Crippen LogP contribution in [0.4, 0.5) is 0 Å². The Balaban J connectivity index is 3.74. The highest BCUT2D eigenvalue weighted by Crippen LogP contribution is 2.15. The lowest BCUT2D eigenvalue weighted by Crippen LogP contribution is -2.29. The quantitative estimate of drug-likeness (QED) is 0.470. The molecule has 0 radical (unpaired) electrons. The van der Waals surface area contributed by atoms with Crippen molar-refractivity contribution in [1.82, 2.24) is 0 Å². The van der Waals surface area contributed by atoms with Crippen LogP contribution in [0, 0.1) is 0 Å². The molecule has 0 aromatic carbocycles. The van der Waals surface area contributed by atoms with Gasteiger partial charge in [-0.15, -0.1) is 0 Å². The molecule has 0 aliphatic carbocycles. The summed E-state index contributed by atoms with van der Waals surface area (Å²) in [5, 5.41) is 0. The Hall–Kier alpha value is -1.06. The van der Waals surface area contributed by atoms with Gasteiger partial charge in [-0.3, -0.25) is 9.59 Å². The van der Waals surface area contributed by atoms with Gasteiger partial charge in [-0.05, 0) is 20.3 Å². The number of hydrogen-bond donors (Lipinski definition) is 0. The number of unbranched alkanes of at least 4 members (excludes halogenated alkanes) is 2. The van der Waals surface area contributed by atoms with Crippen molar-refractivity contribution in [2.75, 3.05) is 6.61 Å². The van der Waals surface area contributed by atoms with Gasteiger partial charge in [-0.1, -0.05) is 26.7 Å². The highest BCUT2D eigenvalue weighted by Gasteiger charge is 2.22. The van der Waals surface area contributed by atoms with Crippen molar-refractivity contribution in [2.24, 2.45) is 0 Å². The van der Waals surface area contributed by atoms with E-state index in [1.165, 1.54) is 0 Å². The maximum atomic E-state index is 11.4. The zero-order valence-electron chi connectivity index (χ0n) is 12.1. The zero-order chi connectivity index (χ0) is 14.0. The lowest BCUT2D eigenvalue weighted by atomic mass is 10.1. The average molecular weight is 258 g/mol. The van der Waals surface area contributed by atoms with Crippen molar-refractivity contribution in [3.05, 3.63) is 0 Å². The van der Waals surface area contributed by atoms with Crippen LogP contribution in [-0.2, 0) is 19.1 Å². The van der Waals surface area contributed by atoms with E-state index >= 15 is 0 Å². The second-order valence-corrected chi connectivity index (χ2v) is 5.01. The number of rotatable bonds is 9. The number of esters is 2. The summed E-state index contributed by atoms with van der Waals surface area (Å²) < 4.78 is 10.3. The maximum absolute atomic E-state index is 11.4. The lowest BCUT2D eigenvalue weighted by molar-refractivity contribution is -0.158. The van der Waals surface area contributed by atoms with Crippen molar-refractivity contribution in [1.29, 1.82) is 0 Å². The van der Waals surface area contributed by atoms with E-state index in [0.717, 1.165) is 19.3 Å². The predicted octanol–water partition coefficient (Wildman–Crippen LogP) is 3.23. The van der Waals surface area contributed by atoms with Crippen molar-refractivity contribution in [3.8, 4) is 0 Å². The van der Waals surface area contributed by atoms with Crippen LogP contribution in [0.5, 0.6) is 0 Å². The topological polar surface area (TPSA) is 52.6 Å². The Morgan fingerprint density at radius 2 is 1.72 bits per heavy atom. The molecule has 0 bridgehead atoms. The number of ether oxygens (including phenoxy) is 2. The normalized spacial score (nSPS) is 11.1. The van der Waals surface area contributed by atoms with Crippen molar-refractivity contribution >= 4 is 11.9 Å². The Morgan fingerprint density at radius 3 is 2.28 bits per heavy atom. The van der Waals surface area contributed by atoms with Gasteiger partial charge in [-0.2, -0.15) is 0 Å². The predicted molar refractivity (Wildman–Crippen MR) is 70.2 cm³/mol. The van der Waals surface area contributed by atoms with E-state index in [9.17, 15) is 9.59 Å². The van der Waals surface area contributed by atoms with Crippen molar-refractivity contribution in [2.45, 2.75) is 71.8 Å². The van der Waals surface area contributed by atoms with E-state index in [4.69, 9.17) is 9.47 Å². The molecule has 0 spiro atoms. The van der Waals surface area contributed by atoms with Crippen LogP contribution in [0.3, 0.4) is 0 Å². The van der Waals surface area contributed by atoms with Gasteiger partial charge in [0.25, 0.3) is 0 Å². The second-order valence-electron chi connectivity index (χ2n) is 5.01. The largest absolute Gasteiger partial charge is 0.466 e. The van der Waals surface area contributed by atoms with E-state index in [1.807, 2.05) is 13.8 Å². The van der Waals surface area contributed by atoms with Crippen molar-refractivity contribution < 1.29 is 19.1 Å². The molecular weight excluding hydrogens is 232 g/mol. The minimum Gasteiger partial charge on any atom is -0.466 e. The molecule has 0 rings (SSSR count). The summed E-state index contributed by atoms with van der Waals surface area (Å²) in [5.74, 6) is -0.393. The summed E-state index contributed by atoms with van der Waals surface area (Å²) in [5.41, 5.74) is -0.573. The van der Waals surface area contributed by atoms with Gasteiger partial charge in [0.1, 0.15) is 5.60 Å². The molecule has 4 heteroatoms. The van der Waals surface area contributed by atoms with Crippen LogP contribution in [0.25, 0.3) is 0 Å². The molecule has 18 heavy (non-hydrogen) atoms. The van der Waals surface area contributed by atoms with E-state index < -0.39 is 5.60 Å². The highest BCUT2D eigenvalue weighted by atomic mass is 16.6. The first-order chi connectivity index (χ1) is 8.41. The molecule has 0 aromatic rings. The fraction of sp³-hybridized carbons (Fsp3) is 0.857. The molecule has 0 saturated carbocycles. The maximum Gasteiger partial charge on any atom is 0.306 e. The molecule has 0 saturated heterocycles. The number of hydrogen-bond acceptors (Lipinski definition) is 4. The first kappa shape index (κ1) is 16.9. The molecule has 0 unspecified atom stereocenters. The minimum absolute atomic E-state index is 0.166. The van der Waals surface area contributed by atoms with Crippen LogP contribution in [0.2, 0.25) is 0 Å². The van der Waals surface area contributed by atoms with E-state index in [1.54, 1.807) is 6.92 Å². The fourth-order valence-electron chi connectivity index (χ4n) is 1.43. The summed E-state index contributed by atoms with van der Waals surface area (Å²) in [7, 11) is 0. The van der Waals surface area contributed by atoms with E-state index in [-0.39, 0.29) is 11.9 Å². The first-order valence-corrected chi connectivity index (χ1v) is 6.78. The molecule has 0 aliphatic rings. The number of carbonyl (C=O) groups is 2. The average Bonchev–Trinajstić information content (AvgIpc) is 2.28. The molecule has 4 nitrogen and oxygen atoms in total. The monoisotopic (exact) mass is 258 g/mol. The third kappa shape index (κ3) is 9.02. The van der Waals surface area contributed by atoms with Gasteiger partial charge in [0, 0.05) is 19.3 Å². The molecule has 0 aromatic heterocycles. The zero-order valence-corrected chi connectivity index (χ0v) is 12.1. The summed E-state index contributed by atoms with van der Waals surface area (Å²) in [6, 6.07) is 0. The minimum atomic E-state index is -0.573. The Bertz CT molecular complexity index is 259. The molecule has 0 aliphatic heterocycles. The Kier molecular flexibility index (Phi) is 8.42. The van der Waals surface area contributed by atoms with E-state index in [0.29, 0.717) is 25.9 Å². The molecule has 0 amide bonds. The Labute approximate surface area is 110 Å². The Morgan fingerprint density at radius 1 is 1.06 bits per heavy atom. The molecule has 0 N–H and O–H groups in total. The smallest absolute Gasteiger partial charge is 0.306 e.